The highest BCUT2D eigenvalue weighted by molar-refractivity contribution is 9.10. The molecule has 1 aliphatic carbocycles. The number of rotatable bonds is 1. The molecule has 2 aromatic rings. The molecule has 108 valence electrons. The number of aromatic nitrogens is 1. The average Bonchev–Trinajstić information content (AvgIpc) is 2.46. The summed E-state index contributed by atoms with van der Waals surface area (Å²) in [4.78, 5) is 16.9. The van der Waals surface area contributed by atoms with E-state index in [2.05, 4.69) is 20.9 Å². The van der Waals surface area contributed by atoms with Gasteiger partial charge in [-0.3, -0.25) is 9.78 Å². The van der Waals surface area contributed by atoms with Gasteiger partial charge in [0.15, 0.2) is 5.78 Å². The zero-order valence-electron chi connectivity index (χ0n) is 11.9. The number of fused-ring (bicyclic) bond motifs is 1. The van der Waals surface area contributed by atoms with Crippen molar-refractivity contribution in [3.63, 3.8) is 0 Å². The second kappa shape index (κ2) is 4.75. The average molecular weight is 346 g/mol. The first-order valence-corrected chi connectivity index (χ1v) is 7.63. The third-order valence-corrected chi connectivity index (χ3v) is 4.57. The maximum atomic E-state index is 12.6. The zero-order chi connectivity index (χ0) is 15.3. The fourth-order valence-corrected chi connectivity index (χ4v) is 3.43. The lowest BCUT2D eigenvalue weighted by molar-refractivity contribution is 0.0165. The summed E-state index contributed by atoms with van der Waals surface area (Å²) in [7, 11) is 0. The third kappa shape index (κ3) is 2.23. The number of pyridine rings is 1. The maximum absolute atomic E-state index is 12.6. The fraction of sp³-hybridized carbons (Fsp3) is 0.294. The predicted molar refractivity (Wildman–Crippen MR) is 84.1 cm³/mol. The molecule has 1 N–H and O–H groups in total. The number of carbonyl (C=O) groups is 1. The normalized spacial score (nSPS) is 23.7. The summed E-state index contributed by atoms with van der Waals surface area (Å²) in [5.41, 5.74) is -0.113. The highest BCUT2D eigenvalue weighted by Crippen LogP contribution is 2.47. The minimum absolute atomic E-state index is 0.0607. The van der Waals surface area contributed by atoms with Gasteiger partial charge in [-0.15, -0.1) is 0 Å². The molecule has 1 atom stereocenters. The van der Waals surface area contributed by atoms with E-state index < -0.39 is 11.0 Å². The molecule has 1 aromatic carbocycles. The van der Waals surface area contributed by atoms with Crippen molar-refractivity contribution in [2.75, 3.05) is 0 Å². The van der Waals surface area contributed by atoms with E-state index >= 15 is 0 Å². The van der Waals surface area contributed by atoms with Gasteiger partial charge in [0.1, 0.15) is 5.60 Å². The van der Waals surface area contributed by atoms with Crippen LogP contribution in [0.3, 0.4) is 0 Å². The number of aliphatic hydroxyl groups is 1. The first-order chi connectivity index (χ1) is 9.84. The summed E-state index contributed by atoms with van der Waals surface area (Å²) >= 11 is 3.42. The van der Waals surface area contributed by atoms with Crippen molar-refractivity contribution in [3.05, 3.63) is 63.9 Å². The van der Waals surface area contributed by atoms with Gasteiger partial charge in [-0.2, -0.15) is 0 Å². The van der Waals surface area contributed by atoms with Crippen molar-refractivity contribution in [1.82, 2.24) is 4.98 Å². The van der Waals surface area contributed by atoms with Crippen LogP contribution in [0.5, 0.6) is 0 Å². The Hall–Kier alpha value is -1.52. The van der Waals surface area contributed by atoms with E-state index in [1.54, 1.807) is 18.3 Å². The molecule has 1 aliphatic rings. The Labute approximate surface area is 132 Å². The number of halogens is 1. The van der Waals surface area contributed by atoms with Crippen LogP contribution >= 0.6 is 15.9 Å². The Bertz CT molecular complexity index is 712. The number of Topliss-reactive ketones (excluding diaryl/α,β-unsaturated/α-hetero) is 1. The van der Waals surface area contributed by atoms with Crippen LogP contribution in [0.25, 0.3) is 0 Å². The topological polar surface area (TPSA) is 50.2 Å². The van der Waals surface area contributed by atoms with E-state index in [0.717, 1.165) is 4.47 Å². The predicted octanol–water partition coefficient (Wildman–Crippen LogP) is 3.69. The Balaban J connectivity index is 2.30. The van der Waals surface area contributed by atoms with E-state index in [0.29, 0.717) is 23.2 Å². The molecule has 0 saturated heterocycles. The van der Waals surface area contributed by atoms with Crippen molar-refractivity contribution in [3.8, 4) is 0 Å². The van der Waals surface area contributed by atoms with E-state index in [1.807, 2.05) is 38.1 Å². The SMILES string of the molecule is CC1(C)CC(O)(c2ccccn2)c2cc(Br)ccc2C1=O. The minimum atomic E-state index is -1.25. The monoisotopic (exact) mass is 345 g/mol. The van der Waals surface area contributed by atoms with Gasteiger partial charge >= 0.3 is 0 Å². The maximum Gasteiger partial charge on any atom is 0.168 e. The smallest absolute Gasteiger partial charge is 0.168 e. The molecule has 3 rings (SSSR count). The van der Waals surface area contributed by atoms with Gasteiger partial charge in [0, 0.05) is 27.2 Å². The molecular formula is C17H16BrNO2. The summed E-state index contributed by atoms with van der Waals surface area (Å²) in [5.74, 6) is 0.0607. The van der Waals surface area contributed by atoms with Gasteiger partial charge in [-0.25, -0.2) is 0 Å². The first-order valence-electron chi connectivity index (χ1n) is 6.83. The summed E-state index contributed by atoms with van der Waals surface area (Å²) < 4.78 is 0.836. The van der Waals surface area contributed by atoms with Crippen LogP contribution in [-0.4, -0.2) is 15.9 Å². The molecule has 4 heteroatoms. The molecular weight excluding hydrogens is 330 g/mol. The van der Waals surface area contributed by atoms with Crippen molar-refractivity contribution in [2.24, 2.45) is 5.41 Å². The lowest BCUT2D eigenvalue weighted by atomic mass is 9.65. The highest BCUT2D eigenvalue weighted by atomic mass is 79.9. The number of ketones is 1. The second-order valence-electron chi connectivity index (χ2n) is 6.15. The van der Waals surface area contributed by atoms with Gasteiger partial charge in [-0.05, 0) is 36.8 Å². The lowest BCUT2D eigenvalue weighted by Crippen LogP contribution is -2.44. The molecule has 0 amide bonds. The van der Waals surface area contributed by atoms with Crippen molar-refractivity contribution >= 4 is 21.7 Å². The van der Waals surface area contributed by atoms with E-state index in [-0.39, 0.29) is 5.78 Å². The minimum Gasteiger partial charge on any atom is -0.379 e. The molecule has 0 bridgehead atoms. The molecule has 0 aliphatic heterocycles. The Morgan fingerprint density at radius 1 is 1.24 bits per heavy atom. The molecule has 0 saturated carbocycles. The van der Waals surface area contributed by atoms with Crippen LogP contribution in [0.1, 0.15) is 41.9 Å². The molecule has 0 radical (unpaired) electrons. The molecule has 1 aromatic heterocycles. The van der Waals surface area contributed by atoms with E-state index in [9.17, 15) is 9.90 Å². The number of nitrogens with zero attached hydrogens (tertiary/aromatic N) is 1. The number of benzene rings is 1. The third-order valence-electron chi connectivity index (χ3n) is 4.07. The van der Waals surface area contributed by atoms with Crippen LogP contribution in [0.4, 0.5) is 0 Å². The number of hydrogen-bond acceptors (Lipinski definition) is 3. The summed E-state index contributed by atoms with van der Waals surface area (Å²) in [5, 5.41) is 11.3. The van der Waals surface area contributed by atoms with Gasteiger partial charge in [-0.1, -0.05) is 35.8 Å². The van der Waals surface area contributed by atoms with Crippen LogP contribution in [0.2, 0.25) is 0 Å². The van der Waals surface area contributed by atoms with Gasteiger partial charge in [0.25, 0.3) is 0 Å². The summed E-state index contributed by atoms with van der Waals surface area (Å²) in [6.45, 7) is 3.74. The number of hydrogen-bond donors (Lipinski definition) is 1. The van der Waals surface area contributed by atoms with Crippen molar-refractivity contribution in [1.29, 1.82) is 0 Å². The zero-order valence-corrected chi connectivity index (χ0v) is 13.5. The van der Waals surface area contributed by atoms with Crippen LogP contribution in [-0.2, 0) is 5.60 Å². The number of carbonyl (C=O) groups excluding carboxylic acids is 1. The Kier molecular flexibility index (Phi) is 3.26. The standard InChI is InChI=1S/C17H16BrNO2/c1-16(2)10-17(21,14-5-3-4-8-19-14)13-9-11(18)6-7-12(13)15(16)20/h3-9,21H,10H2,1-2H3. The van der Waals surface area contributed by atoms with Crippen LogP contribution in [0.15, 0.2) is 47.1 Å². The molecule has 3 nitrogen and oxygen atoms in total. The van der Waals surface area contributed by atoms with E-state index in [4.69, 9.17) is 0 Å². The summed E-state index contributed by atoms with van der Waals surface area (Å²) in [6.07, 6.45) is 1.98. The van der Waals surface area contributed by atoms with E-state index in [1.165, 1.54) is 0 Å². The van der Waals surface area contributed by atoms with Gasteiger partial charge in [0.2, 0.25) is 0 Å². The van der Waals surface area contributed by atoms with Crippen LogP contribution < -0.4 is 0 Å². The molecule has 1 heterocycles. The molecule has 0 fully saturated rings. The Morgan fingerprint density at radius 3 is 2.67 bits per heavy atom. The summed E-state index contributed by atoms with van der Waals surface area (Å²) in [6, 6.07) is 10.9. The first kappa shape index (κ1) is 14.4. The van der Waals surface area contributed by atoms with Crippen molar-refractivity contribution in [2.45, 2.75) is 25.9 Å². The molecule has 1 unspecified atom stereocenters. The molecule has 0 spiro atoms. The lowest BCUT2D eigenvalue weighted by Gasteiger charge is -2.41. The van der Waals surface area contributed by atoms with Gasteiger partial charge < -0.3 is 5.11 Å². The van der Waals surface area contributed by atoms with Gasteiger partial charge in [0.05, 0.1) is 5.69 Å². The van der Waals surface area contributed by atoms with Crippen molar-refractivity contribution < 1.29 is 9.90 Å². The second-order valence-corrected chi connectivity index (χ2v) is 7.07. The largest absolute Gasteiger partial charge is 0.379 e. The fourth-order valence-electron chi connectivity index (χ4n) is 3.07. The molecule has 21 heavy (non-hydrogen) atoms. The Morgan fingerprint density at radius 2 is 2.00 bits per heavy atom. The quantitative estimate of drug-likeness (QED) is 0.857. The highest BCUT2D eigenvalue weighted by Gasteiger charge is 2.49. The van der Waals surface area contributed by atoms with Crippen LogP contribution in [0, 0.1) is 5.41 Å².